The lowest BCUT2D eigenvalue weighted by Crippen LogP contribution is -2.07. The molecule has 0 aromatic carbocycles. The van der Waals surface area contributed by atoms with Gasteiger partial charge in [-0.3, -0.25) is 4.79 Å². The van der Waals surface area contributed by atoms with Crippen LogP contribution in [0.2, 0.25) is 0 Å². The van der Waals surface area contributed by atoms with Crippen molar-refractivity contribution in [2.45, 2.75) is 6.42 Å². The van der Waals surface area contributed by atoms with Gasteiger partial charge in [0, 0.05) is 18.0 Å². The van der Waals surface area contributed by atoms with Crippen LogP contribution in [0.15, 0.2) is 23.3 Å². The molecule has 1 rings (SSSR count). The molecule has 5 heteroatoms. The van der Waals surface area contributed by atoms with Gasteiger partial charge in [-0.15, -0.1) is 0 Å². The average molecular weight is 180 g/mol. The van der Waals surface area contributed by atoms with Gasteiger partial charge in [0.1, 0.15) is 0 Å². The zero-order chi connectivity index (χ0) is 9.68. The van der Waals surface area contributed by atoms with Gasteiger partial charge in [-0.1, -0.05) is 12.2 Å². The Morgan fingerprint density at radius 3 is 3.00 bits per heavy atom. The van der Waals surface area contributed by atoms with Crippen LogP contribution in [0.4, 0.5) is 0 Å². The van der Waals surface area contributed by atoms with Gasteiger partial charge in [-0.05, 0) is 0 Å². The van der Waals surface area contributed by atoms with Crippen molar-refractivity contribution in [1.82, 2.24) is 9.97 Å². The number of aromatic amines is 1. The predicted molar refractivity (Wildman–Crippen MR) is 46.1 cm³/mol. The van der Waals surface area contributed by atoms with E-state index in [1.165, 1.54) is 18.5 Å². The highest BCUT2D eigenvalue weighted by atomic mass is 16.4. The van der Waals surface area contributed by atoms with E-state index in [0.717, 1.165) is 0 Å². The minimum Gasteiger partial charge on any atom is -0.481 e. The number of hydrogen-bond donors (Lipinski definition) is 2. The highest BCUT2D eigenvalue weighted by molar-refractivity contribution is 5.70. The first-order valence-corrected chi connectivity index (χ1v) is 3.61. The van der Waals surface area contributed by atoms with Crippen molar-refractivity contribution >= 4 is 12.0 Å². The summed E-state index contributed by atoms with van der Waals surface area (Å²) in [5.74, 6) is -0.895. The second-order valence-electron chi connectivity index (χ2n) is 2.35. The van der Waals surface area contributed by atoms with Crippen LogP contribution < -0.4 is 5.69 Å². The summed E-state index contributed by atoms with van der Waals surface area (Å²) in [5.41, 5.74) is 0.247. The molecule has 1 heterocycles. The SMILES string of the molecule is O=C(O)CC=Cc1cnc(=O)[nH]c1. The monoisotopic (exact) mass is 180 g/mol. The molecule has 0 amide bonds. The van der Waals surface area contributed by atoms with Crippen LogP contribution in [0.3, 0.4) is 0 Å². The topological polar surface area (TPSA) is 83.0 Å². The number of carboxylic acid groups (broad SMARTS) is 1. The molecule has 0 fully saturated rings. The summed E-state index contributed by atoms with van der Waals surface area (Å²) >= 11 is 0. The normalized spacial score (nSPS) is 10.5. The fraction of sp³-hybridized carbons (Fsp3) is 0.125. The van der Waals surface area contributed by atoms with Gasteiger partial charge < -0.3 is 10.1 Å². The molecule has 0 radical (unpaired) electrons. The largest absolute Gasteiger partial charge is 0.481 e. The molecule has 1 aromatic rings. The van der Waals surface area contributed by atoms with E-state index < -0.39 is 11.7 Å². The highest BCUT2D eigenvalue weighted by Gasteiger charge is 1.90. The first-order chi connectivity index (χ1) is 6.18. The van der Waals surface area contributed by atoms with Crippen molar-refractivity contribution in [3.8, 4) is 0 Å². The minimum atomic E-state index is -0.895. The molecule has 2 N–H and O–H groups in total. The zero-order valence-corrected chi connectivity index (χ0v) is 6.73. The van der Waals surface area contributed by atoms with Crippen LogP contribution in [0.5, 0.6) is 0 Å². The van der Waals surface area contributed by atoms with Gasteiger partial charge in [0.2, 0.25) is 0 Å². The quantitative estimate of drug-likeness (QED) is 0.698. The molecule has 0 unspecified atom stereocenters. The van der Waals surface area contributed by atoms with E-state index in [1.54, 1.807) is 6.08 Å². The molecule has 13 heavy (non-hydrogen) atoms. The van der Waals surface area contributed by atoms with Gasteiger partial charge in [-0.2, -0.15) is 0 Å². The Morgan fingerprint density at radius 2 is 2.46 bits per heavy atom. The van der Waals surface area contributed by atoms with E-state index in [9.17, 15) is 9.59 Å². The molecule has 68 valence electrons. The number of H-pyrrole nitrogens is 1. The van der Waals surface area contributed by atoms with Gasteiger partial charge in [0.25, 0.3) is 0 Å². The molecular weight excluding hydrogens is 172 g/mol. The van der Waals surface area contributed by atoms with Crippen LogP contribution in [0.25, 0.3) is 6.08 Å². The highest BCUT2D eigenvalue weighted by Crippen LogP contribution is 1.96. The molecule has 0 bridgehead atoms. The predicted octanol–water partition coefficient (Wildman–Crippen LogP) is 0.258. The van der Waals surface area contributed by atoms with Crippen LogP contribution in [-0.4, -0.2) is 21.0 Å². The zero-order valence-electron chi connectivity index (χ0n) is 6.73. The molecule has 0 atom stereocenters. The molecule has 0 spiro atoms. The molecular formula is C8H8N2O3. The number of aliphatic carboxylic acids is 1. The Hall–Kier alpha value is -1.91. The number of nitrogens with zero attached hydrogens (tertiary/aromatic N) is 1. The van der Waals surface area contributed by atoms with Crippen molar-refractivity contribution in [1.29, 1.82) is 0 Å². The van der Waals surface area contributed by atoms with E-state index in [1.807, 2.05) is 0 Å². The van der Waals surface area contributed by atoms with Crippen molar-refractivity contribution in [3.63, 3.8) is 0 Å². The molecule has 5 nitrogen and oxygen atoms in total. The lowest BCUT2D eigenvalue weighted by atomic mass is 10.3. The third kappa shape index (κ3) is 3.33. The number of hydrogen-bond acceptors (Lipinski definition) is 3. The van der Waals surface area contributed by atoms with Crippen LogP contribution in [-0.2, 0) is 4.79 Å². The Balaban J connectivity index is 2.64. The molecule has 0 aliphatic rings. The molecule has 1 aromatic heterocycles. The second-order valence-corrected chi connectivity index (χ2v) is 2.35. The Morgan fingerprint density at radius 1 is 1.69 bits per heavy atom. The van der Waals surface area contributed by atoms with Crippen molar-refractivity contribution < 1.29 is 9.90 Å². The van der Waals surface area contributed by atoms with Crippen LogP contribution >= 0.6 is 0 Å². The third-order valence-electron chi connectivity index (χ3n) is 1.30. The minimum absolute atomic E-state index is 0.0425. The first kappa shape index (κ1) is 9.18. The smallest absolute Gasteiger partial charge is 0.344 e. The maximum Gasteiger partial charge on any atom is 0.344 e. The number of carbonyl (C=O) groups is 1. The summed E-state index contributed by atoms with van der Waals surface area (Å²) in [6.07, 6.45) is 5.86. The van der Waals surface area contributed by atoms with Crippen LogP contribution in [0, 0.1) is 0 Å². The Bertz CT molecular complexity index is 361. The standard InChI is InChI=1S/C8H8N2O3/c11-7(12)3-1-2-6-4-9-8(13)10-5-6/h1-2,4-5H,3H2,(H,11,12)(H,9,10,13). The van der Waals surface area contributed by atoms with E-state index in [-0.39, 0.29) is 6.42 Å². The first-order valence-electron chi connectivity index (χ1n) is 3.61. The maximum absolute atomic E-state index is 10.5. The lowest BCUT2D eigenvalue weighted by Gasteiger charge is -1.88. The average Bonchev–Trinajstić information content (AvgIpc) is 2.08. The van der Waals surface area contributed by atoms with Crippen LogP contribution in [0.1, 0.15) is 12.0 Å². The fourth-order valence-corrected chi connectivity index (χ4v) is 0.740. The van der Waals surface area contributed by atoms with E-state index in [0.29, 0.717) is 5.56 Å². The van der Waals surface area contributed by atoms with Crippen molar-refractivity contribution in [2.75, 3.05) is 0 Å². The molecule has 0 aliphatic heterocycles. The van der Waals surface area contributed by atoms with Gasteiger partial charge >= 0.3 is 11.7 Å². The summed E-state index contributed by atoms with van der Waals surface area (Å²) in [5, 5.41) is 8.31. The van der Waals surface area contributed by atoms with Crippen molar-refractivity contribution in [3.05, 3.63) is 34.5 Å². The number of rotatable bonds is 3. The Kier molecular flexibility index (Phi) is 2.97. The van der Waals surface area contributed by atoms with E-state index in [2.05, 4.69) is 9.97 Å². The fourth-order valence-electron chi connectivity index (χ4n) is 0.740. The molecule has 0 saturated heterocycles. The van der Waals surface area contributed by atoms with Crippen molar-refractivity contribution in [2.24, 2.45) is 0 Å². The van der Waals surface area contributed by atoms with E-state index in [4.69, 9.17) is 5.11 Å². The molecule has 0 saturated carbocycles. The van der Waals surface area contributed by atoms with E-state index >= 15 is 0 Å². The summed E-state index contributed by atoms with van der Waals surface area (Å²) in [7, 11) is 0. The Labute approximate surface area is 73.8 Å². The van der Waals surface area contributed by atoms with Gasteiger partial charge in [-0.25, -0.2) is 9.78 Å². The third-order valence-corrected chi connectivity index (χ3v) is 1.30. The summed E-state index contributed by atoms with van der Waals surface area (Å²) in [6.45, 7) is 0. The number of aromatic nitrogens is 2. The molecule has 0 aliphatic carbocycles. The second kappa shape index (κ2) is 4.20. The lowest BCUT2D eigenvalue weighted by molar-refractivity contribution is -0.135. The van der Waals surface area contributed by atoms with Gasteiger partial charge in [0.15, 0.2) is 0 Å². The number of nitrogens with one attached hydrogen (secondary N) is 1. The van der Waals surface area contributed by atoms with Gasteiger partial charge in [0.05, 0.1) is 6.42 Å². The summed E-state index contributed by atoms with van der Waals surface area (Å²) < 4.78 is 0. The summed E-state index contributed by atoms with van der Waals surface area (Å²) in [6, 6.07) is 0. The maximum atomic E-state index is 10.5. The summed E-state index contributed by atoms with van der Waals surface area (Å²) in [4.78, 5) is 26.5. The number of carboxylic acids is 1.